The highest BCUT2D eigenvalue weighted by atomic mass is 31.2. The van der Waals surface area contributed by atoms with Crippen molar-refractivity contribution in [2.75, 3.05) is 19.8 Å². The van der Waals surface area contributed by atoms with Crippen molar-refractivity contribution in [2.45, 2.75) is 180 Å². The van der Waals surface area contributed by atoms with Gasteiger partial charge in [-0.1, -0.05) is 129 Å². The van der Waals surface area contributed by atoms with E-state index < -0.39 is 51.1 Å². The largest absolute Gasteiger partial charge is 0.480 e. The number of carboxylic acid groups (broad SMARTS) is 1. The number of hydrogen-bond donors (Lipinski definition) is 3. The molecule has 0 fully saturated rings. The maximum atomic E-state index is 12.5. The molecule has 0 aliphatic rings. The molecule has 0 aromatic heterocycles. The summed E-state index contributed by atoms with van der Waals surface area (Å²) in [5.74, 6) is -2.38. The minimum Gasteiger partial charge on any atom is -0.480 e. The molecule has 0 spiro atoms. The lowest BCUT2D eigenvalue weighted by molar-refractivity contribution is -0.161. The van der Waals surface area contributed by atoms with E-state index in [4.69, 9.17) is 24.8 Å². The number of aliphatic carboxylic acids is 1. The summed E-state index contributed by atoms with van der Waals surface area (Å²) in [6, 6.07) is -1.52. The number of carboxylic acids is 1. The molecule has 0 rings (SSSR count). The van der Waals surface area contributed by atoms with Crippen LogP contribution in [-0.4, -0.2) is 59.9 Å². The van der Waals surface area contributed by atoms with E-state index in [1.165, 1.54) is 83.5 Å². The summed E-state index contributed by atoms with van der Waals surface area (Å²) in [6.45, 7) is 2.74. The van der Waals surface area contributed by atoms with E-state index in [0.717, 1.165) is 44.9 Å². The van der Waals surface area contributed by atoms with Crippen LogP contribution >= 0.6 is 7.82 Å². The molecule has 48 heavy (non-hydrogen) atoms. The second-order valence-electron chi connectivity index (χ2n) is 12.7. The molecule has 11 nitrogen and oxygen atoms in total. The number of unbranched alkanes of at least 4 members (excludes halogenated alkanes) is 19. The molecular weight excluding hydrogens is 637 g/mol. The summed E-state index contributed by atoms with van der Waals surface area (Å²) in [5, 5.41) is 8.84. The number of allylic oxidation sites excluding steroid dienone is 2. The van der Waals surface area contributed by atoms with Crippen molar-refractivity contribution in [1.82, 2.24) is 0 Å². The molecular formula is C36H68NO10P. The van der Waals surface area contributed by atoms with E-state index in [9.17, 15) is 23.8 Å². The quantitative estimate of drug-likeness (QED) is 0.0249. The molecule has 1 unspecified atom stereocenters. The summed E-state index contributed by atoms with van der Waals surface area (Å²) < 4.78 is 32.5. The number of esters is 2. The fraction of sp³-hybridized carbons (Fsp3) is 0.861. The molecule has 3 atom stereocenters. The highest BCUT2D eigenvalue weighted by Gasteiger charge is 2.28. The average Bonchev–Trinajstić information content (AvgIpc) is 3.05. The van der Waals surface area contributed by atoms with Crippen LogP contribution in [0.5, 0.6) is 0 Å². The van der Waals surface area contributed by atoms with Gasteiger partial charge in [-0.15, -0.1) is 0 Å². The lowest BCUT2D eigenvalue weighted by Gasteiger charge is -2.20. The molecule has 0 saturated heterocycles. The number of rotatable bonds is 35. The number of ether oxygens (including phenoxy) is 2. The van der Waals surface area contributed by atoms with Gasteiger partial charge in [-0.3, -0.25) is 23.4 Å². The van der Waals surface area contributed by atoms with Crippen LogP contribution in [0.3, 0.4) is 0 Å². The third-order valence-corrected chi connectivity index (χ3v) is 8.96. The average molecular weight is 706 g/mol. The monoisotopic (exact) mass is 705 g/mol. The van der Waals surface area contributed by atoms with Gasteiger partial charge in [-0.2, -0.15) is 0 Å². The van der Waals surface area contributed by atoms with E-state index in [1.54, 1.807) is 0 Å². The molecule has 0 aliphatic heterocycles. The number of phosphoric ester groups is 1. The van der Waals surface area contributed by atoms with E-state index in [1.807, 2.05) is 0 Å². The van der Waals surface area contributed by atoms with Gasteiger partial charge in [-0.25, -0.2) is 4.57 Å². The van der Waals surface area contributed by atoms with Crippen LogP contribution in [0, 0.1) is 0 Å². The van der Waals surface area contributed by atoms with Gasteiger partial charge in [0.1, 0.15) is 12.6 Å². The van der Waals surface area contributed by atoms with E-state index in [2.05, 4.69) is 30.5 Å². The van der Waals surface area contributed by atoms with Gasteiger partial charge in [-0.05, 0) is 38.5 Å². The van der Waals surface area contributed by atoms with Gasteiger partial charge < -0.3 is 25.2 Å². The van der Waals surface area contributed by atoms with E-state index in [0.29, 0.717) is 12.8 Å². The van der Waals surface area contributed by atoms with Crippen molar-refractivity contribution in [3.05, 3.63) is 12.2 Å². The SMILES string of the molecule is CCCCCC/C=C/CCCCCCCCCC(=O)OC[C@@H](COP(=O)(O)OC[C@@H](N)C(=O)O)OC(=O)CCCCCCCCCCC. The standard InChI is InChI=1S/C36H68NO10P/c1-3-5-7-9-11-13-14-15-16-17-18-20-21-23-25-27-34(38)44-29-32(30-45-48(42,43)46-31-33(37)36(40)41)47-35(39)28-26-24-22-19-12-10-8-6-4-2/h13-14,32-33H,3-12,15-31,37H2,1-2H3,(H,40,41)(H,42,43)/b14-13+/t32-,33+/m0/s1. The van der Waals surface area contributed by atoms with Gasteiger partial charge in [0.25, 0.3) is 0 Å². The number of phosphoric acid groups is 1. The molecule has 4 N–H and O–H groups in total. The van der Waals surface area contributed by atoms with Crippen LogP contribution in [0.25, 0.3) is 0 Å². The summed E-state index contributed by atoms with van der Waals surface area (Å²) in [5.41, 5.74) is 5.30. The topological polar surface area (TPSA) is 172 Å². The Hall–Kier alpha value is -1.78. The van der Waals surface area contributed by atoms with E-state index >= 15 is 0 Å². The molecule has 0 amide bonds. The molecule has 12 heteroatoms. The van der Waals surface area contributed by atoms with Gasteiger partial charge in [0, 0.05) is 12.8 Å². The predicted octanol–water partition coefficient (Wildman–Crippen LogP) is 8.95. The normalized spacial score (nSPS) is 14.1. The molecule has 0 saturated carbocycles. The van der Waals surface area contributed by atoms with Crippen molar-refractivity contribution < 1.29 is 47.5 Å². The first-order valence-corrected chi connectivity index (χ1v) is 20.2. The highest BCUT2D eigenvalue weighted by molar-refractivity contribution is 7.47. The second-order valence-corrected chi connectivity index (χ2v) is 14.2. The Morgan fingerprint density at radius 3 is 1.54 bits per heavy atom. The lowest BCUT2D eigenvalue weighted by atomic mass is 10.1. The molecule has 0 bridgehead atoms. The van der Waals surface area contributed by atoms with E-state index in [-0.39, 0.29) is 19.4 Å². The van der Waals surface area contributed by atoms with Crippen LogP contribution in [0.15, 0.2) is 12.2 Å². The summed E-state index contributed by atoms with van der Waals surface area (Å²) >= 11 is 0. The van der Waals surface area contributed by atoms with Crippen LogP contribution < -0.4 is 5.73 Å². The minimum absolute atomic E-state index is 0.164. The maximum absolute atomic E-state index is 12.5. The summed E-state index contributed by atoms with van der Waals surface area (Å²) in [7, 11) is -4.70. The van der Waals surface area contributed by atoms with Crippen molar-refractivity contribution >= 4 is 25.7 Å². The van der Waals surface area contributed by atoms with Crippen molar-refractivity contribution in [3.8, 4) is 0 Å². The molecule has 0 heterocycles. The first-order chi connectivity index (χ1) is 23.1. The predicted molar refractivity (Wildman–Crippen MR) is 189 cm³/mol. The van der Waals surface area contributed by atoms with Crippen LogP contribution in [0.1, 0.15) is 168 Å². The fourth-order valence-electron chi connectivity index (χ4n) is 5.00. The van der Waals surface area contributed by atoms with Gasteiger partial charge >= 0.3 is 25.7 Å². The first-order valence-electron chi connectivity index (χ1n) is 18.7. The Morgan fingerprint density at radius 1 is 0.625 bits per heavy atom. The van der Waals surface area contributed by atoms with Crippen molar-refractivity contribution in [2.24, 2.45) is 5.73 Å². The number of carbonyl (C=O) groups is 3. The Morgan fingerprint density at radius 2 is 1.04 bits per heavy atom. The molecule has 0 radical (unpaired) electrons. The fourth-order valence-corrected chi connectivity index (χ4v) is 5.78. The van der Waals surface area contributed by atoms with Crippen LogP contribution in [0.4, 0.5) is 0 Å². The summed E-state index contributed by atoms with van der Waals surface area (Å²) in [6.07, 6.45) is 28.6. The number of carbonyl (C=O) groups excluding carboxylic acids is 2. The second kappa shape index (κ2) is 32.4. The zero-order valence-corrected chi connectivity index (χ0v) is 31.0. The van der Waals surface area contributed by atoms with Gasteiger partial charge in [0.15, 0.2) is 6.10 Å². The Labute approximate surface area is 290 Å². The lowest BCUT2D eigenvalue weighted by Crippen LogP contribution is -2.34. The molecule has 0 aliphatic carbocycles. The number of hydrogen-bond acceptors (Lipinski definition) is 9. The zero-order chi connectivity index (χ0) is 35.7. The van der Waals surface area contributed by atoms with Crippen LogP contribution in [-0.2, 0) is 37.5 Å². The molecule has 0 aromatic rings. The van der Waals surface area contributed by atoms with Gasteiger partial charge in [0.2, 0.25) is 0 Å². The zero-order valence-electron chi connectivity index (χ0n) is 30.1. The molecule has 282 valence electrons. The van der Waals surface area contributed by atoms with Crippen molar-refractivity contribution in [1.29, 1.82) is 0 Å². The smallest absolute Gasteiger partial charge is 0.472 e. The van der Waals surface area contributed by atoms with Crippen molar-refractivity contribution in [3.63, 3.8) is 0 Å². The van der Waals surface area contributed by atoms with Gasteiger partial charge in [0.05, 0.1) is 13.2 Å². The van der Waals surface area contributed by atoms with Crippen LogP contribution in [0.2, 0.25) is 0 Å². The third kappa shape index (κ3) is 31.5. The Kier molecular flexibility index (Phi) is 31.2. The summed E-state index contributed by atoms with van der Waals surface area (Å²) in [4.78, 5) is 45.6. The molecule has 0 aromatic carbocycles. The first kappa shape index (κ1) is 46.2. The maximum Gasteiger partial charge on any atom is 0.472 e. The Bertz CT molecular complexity index is 885. The third-order valence-electron chi connectivity index (χ3n) is 8.01. The highest BCUT2D eigenvalue weighted by Crippen LogP contribution is 2.43. The Balaban J connectivity index is 4.39. The number of nitrogens with two attached hydrogens (primary N) is 1. The minimum atomic E-state index is -4.70.